The first-order valence-electron chi connectivity index (χ1n) is 19.2. The first-order valence-corrected chi connectivity index (χ1v) is 19.2. The Morgan fingerprint density at radius 2 is 1.05 bits per heavy atom. The summed E-state index contributed by atoms with van der Waals surface area (Å²) in [5, 5.41) is 7.50. The van der Waals surface area contributed by atoms with Crippen molar-refractivity contribution >= 4 is 60.4 Å². The summed E-state index contributed by atoms with van der Waals surface area (Å²) in [5.74, 6) is 0. The van der Waals surface area contributed by atoms with Crippen molar-refractivity contribution in [1.29, 1.82) is 0 Å². The highest BCUT2D eigenvalue weighted by Gasteiger charge is 2.35. The average molecular weight is 703 g/mol. The molecule has 0 amide bonds. The van der Waals surface area contributed by atoms with Gasteiger partial charge in [-0.25, -0.2) is 0 Å². The van der Waals surface area contributed by atoms with Crippen LogP contribution in [0.1, 0.15) is 25.0 Å². The first-order chi connectivity index (χ1) is 27.0. The van der Waals surface area contributed by atoms with E-state index in [1.165, 1.54) is 76.7 Å². The molecule has 260 valence electrons. The summed E-state index contributed by atoms with van der Waals surface area (Å²) in [5.41, 5.74) is 14.8. The fourth-order valence-electron chi connectivity index (χ4n) is 9.30. The fourth-order valence-corrected chi connectivity index (χ4v) is 9.30. The second-order valence-electron chi connectivity index (χ2n) is 15.4. The highest BCUT2D eigenvalue weighted by Crippen LogP contribution is 2.51. The van der Waals surface area contributed by atoms with E-state index in [2.05, 4.69) is 217 Å². The molecular weight excluding hydrogens is 665 g/mol. The minimum atomic E-state index is -0.0857. The third-order valence-corrected chi connectivity index (χ3v) is 11.9. The molecule has 0 N–H and O–H groups in total. The minimum absolute atomic E-state index is 0.0857. The monoisotopic (exact) mass is 702 g/mol. The predicted octanol–water partition coefficient (Wildman–Crippen LogP) is 14.5. The molecule has 55 heavy (non-hydrogen) atoms. The highest BCUT2D eigenvalue weighted by atomic mass is 15.1. The topological polar surface area (TPSA) is 8.17 Å². The molecule has 1 aliphatic carbocycles. The summed E-state index contributed by atoms with van der Waals surface area (Å²) < 4.78 is 2.48. The van der Waals surface area contributed by atoms with E-state index in [0.29, 0.717) is 0 Å². The van der Waals surface area contributed by atoms with Gasteiger partial charge in [-0.2, -0.15) is 0 Å². The van der Waals surface area contributed by atoms with E-state index in [-0.39, 0.29) is 5.41 Å². The zero-order chi connectivity index (χ0) is 36.7. The van der Waals surface area contributed by atoms with Crippen molar-refractivity contribution in [3.63, 3.8) is 0 Å². The Labute approximate surface area is 321 Å². The molecule has 0 spiro atoms. The quantitative estimate of drug-likeness (QED) is 0.173. The van der Waals surface area contributed by atoms with Crippen molar-refractivity contribution in [3.8, 4) is 27.9 Å². The summed E-state index contributed by atoms with van der Waals surface area (Å²) in [6.45, 7) is 4.70. The molecule has 10 aromatic rings. The van der Waals surface area contributed by atoms with E-state index in [4.69, 9.17) is 0 Å². The van der Waals surface area contributed by atoms with Crippen LogP contribution in [0, 0.1) is 0 Å². The van der Waals surface area contributed by atoms with Crippen molar-refractivity contribution < 1.29 is 0 Å². The maximum Gasteiger partial charge on any atom is 0.0625 e. The van der Waals surface area contributed by atoms with Gasteiger partial charge in [0.15, 0.2) is 0 Å². The van der Waals surface area contributed by atoms with Gasteiger partial charge in [0.2, 0.25) is 0 Å². The van der Waals surface area contributed by atoms with Crippen molar-refractivity contribution in [2.24, 2.45) is 0 Å². The van der Waals surface area contributed by atoms with E-state index in [9.17, 15) is 0 Å². The minimum Gasteiger partial charge on any atom is -0.310 e. The molecule has 0 saturated heterocycles. The van der Waals surface area contributed by atoms with E-state index >= 15 is 0 Å². The van der Waals surface area contributed by atoms with Gasteiger partial charge in [0.1, 0.15) is 0 Å². The summed E-state index contributed by atoms with van der Waals surface area (Å²) in [4.78, 5) is 2.39. The fraction of sp³-hybridized carbons (Fsp3) is 0.0566. The number of hydrogen-bond donors (Lipinski definition) is 0. The van der Waals surface area contributed by atoms with Crippen molar-refractivity contribution in [2.45, 2.75) is 19.3 Å². The molecule has 0 fully saturated rings. The highest BCUT2D eigenvalue weighted by molar-refractivity contribution is 6.21. The van der Waals surface area contributed by atoms with Crippen molar-refractivity contribution in [3.05, 3.63) is 205 Å². The van der Waals surface area contributed by atoms with Crippen LogP contribution in [-0.4, -0.2) is 4.57 Å². The van der Waals surface area contributed by atoms with Crippen LogP contribution in [0.3, 0.4) is 0 Å². The van der Waals surface area contributed by atoms with Crippen LogP contribution < -0.4 is 4.90 Å². The van der Waals surface area contributed by atoms with Gasteiger partial charge in [-0.15, -0.1) is 0 Å². The van der Waals surface area contributed by atoms with Crippen LogP contribution in [0.25, 0.3) is 71.3 Å². The lowest BCUT2D eigenvalue weighted by atomic mass is 9.82. The Balaban J connectivity index is 1.11. The van der Waals surface area contributed by atoms with Gasteiger partial charge in [-0.1, -0.05) is 141 Å². The Hall–Kier alpha value is -6.90. The number of anilines is 3. The SMILES string of the molecule is CC1(C)c2ccccc2-c2ccc(N(c3ccccc3)c3ccc(-n4c5ccccc5c5cc6ccccc6c(-c6ccc7ccccc7c6)c54)cc3)cc21. The lowest BCUT2D eigenvalue weighted by molar-refractivity contribution is 0.660. The van der Waals surface area contributed by atoms with Crippen molar-refractivity contribution in [1.82, 2.24) is 4.57 Å². The number of aromatic nitrogens is 1. The summed E-state index contributed by atoms with van der Waals surface area (Å²) >= 11 is 0. The predicted molar refractivity (Wildman–Crippen MR) is 233 cm³/mol. The number of para-hydroxylation sites is 2. The van der Waals surface area contributed by atoms with Gasteiger partial charge < -0.3 is 9.47 Å². The van der Waals surface area contributed by atoms with Crippen LogP contribution in [-0.2, 0) is 5.41 Å². The van der Waals surface area contributed by atoms with Crippen LogP contribution >= 0.6 is 0 Å². The Morgan fingerprint density at radius 1 is 0.418 bits per heavy atom. The molecule has 0 aliphatic heterocycles. The molecule has 0 radical (unpaired) electrons. The molecule has 2 nitrogen and oxygen atoms in total. The van der Waals surface area contributed by atoms with Gasteiger partial charge in [-0.05, 0) is 116 Å². The van der Waals surface area contributed by atoms with E-state index in [0.717, 1.165) is 22.7 Å². The molecule has 9 aromatic carbocycles. The molecule has 1 aliphatic rings. The van der Waals surface area contributed by atoms with E-state index in [1.54, 1.807) is 0 Å². The number of nitrogens with zero attached hydrogens (tertiary/aromatic N) is 2. The molecule has 0 bridgehead atoms. The summed E-state index contributed by atoms with van der Waals surface area (Å²) in [6.07, 6.45) is 0. The molecule has 11 rings (SSSR count). The molecular formula is C53H38N2. The number of rotatable bonds is 5. The largest absolute Gasteiger partial charge is 0.310 e. The number of hydrogen-bond acceptors (Lipinski definition) is 1. The van der Waals surface area contributed by atoms with Gasteiger partial charge in [-0.3, -0.25) is 0 Å². The zero-order valence-electron chi connectivity index (χ0n) is 30.9. The van der Waals surface area contributed by atoms with Crippen molar-refractivity contribution in [2.75, 3.05) is 4.90 Å². The van der Waals surface area contributed by atoms with Crippen LogP contribution in [0.4, 0.5) is 17.1 Å². The molecule has 0 atom stereocenters. The number of fused-ring (bicyclic) bond motifs is 8. The Bertz CT molecular complexity index is 3110. The third kappa shape index (κ3) is 4.81. The summed E-state index contributed by atoms with van der Waals surface area (Å²) in [7, 11) is 0. The molecule has 1 heterocycles. The normalized spacial score (nSPS) is 13.1. The molecule has 1 aromatic heterocycles. The van der Waals surface area contributed by atoms with Gasteiger partial charge in [0.25, 0.3) is 0 Å². The molecule has 2 heteroatoms. The smallest absolute Gasteiger partial charge is 0.0625 e. The molecule has 0 unspecified atom stereocenters. The van der Waals surface area contributed by atoms with Gasteiger partial charge >= 0.3 is 0 Å². The average Bonchev–Trinajstić information content (AvgIpc) is 3.68. The Kier molecular flexibility index (Phi) is 6.93. The van der Waals surface area contributed by atoms with Crippen LogP contribution in [0.2, 0.25) is 0 Å². The second-order valence-corrected chi connectivity index (χ2v) is 15.4. The zero-order valence-corrected chi connectivity index (χ0v) is 30.9. The lowest BCUT2D eigenvalue weighted by Crippen LogP contribution is -2.16. The van der Waals surface area contributed by atoms with Gasteiger partial charge in [0.05, 0.1) is 11.0 Å². The van der Waals surface area contributed by atoms with E-state index < -0.39 is 0 Å². The third-order valence-electron chi connectivity index (χ3n) is 11.9. The maximum absolute atomic E-state index is 2.48. The van der Waals surface area contributed by atoms with Crippen LogP contribution in [0.5, 0.6) is 0 Å². The maximum atomic E-state index is 2.48. The van der Waals surface area contributed by atoms with E-state index in [1.807, 2.05) is 0 Å². The molecule has 0 saturated carbocycles. The second kappa shape index (κ2) is 12.1. The lowest BCUT2D eigenvalue weighted by Gasteiger charge is -2.28. The standard InChI is InChI=1S/C53H38N2/c1-53(2)48-22-12-10-20-44(48)45-31-30-42(34-49(45)53)54(39-17-4-3-5-18-39)40-26-28-41(29-27-40)55-50-23-13-11-21-46(50)47-33-37-16-8-9-19-43(37)51(52(47)55)38-25-24-35-14-6-7-15-36(35)32-38/h3-34H,1-2H3. The Morgan fingerprint density at radius 3 is 1.89 bits per heavy atom. The number of benzene rings is 9. The first kappa shape index (κ1) is 31.6. The van der Waals surface area contributed by atoms with Gasteiger partial charge in [0, 0.05) is 44.5 Å². The van der Waals surface area contributed by atoms with Crippen LogP contribution in [0.15, 0.2) is 194 Å². The summed E-state index contributed by atoms with van der Waals surface area (Å²) in [6, 6.07) is 71.4.